The second kappa shape index (κ2) is 5.47. The second-order valence-electron chi connectivity index (χ2n) is 4.99. The van der Waals surface area contributed by atoms with Crippen molar-refractivity contribution >= 4 is 32.4 Å². The van der Waals surface area contributed by atoms with Gasteiger partial charge >= 0.3 is 0 Å². The topological polar surface area (TPSA) is 119 Å². The SMILES string of the molecule is CN1CCc2nc(NC(=O)c3ccc(S(N)(=O)=O)o3)sc2C1. The Bertz CT molecular complexity index is 824. The number of likely N-dealkylation sites (N-methyl/N-ethyl adjacent to an activating group) is 1. The molecule has 118 valence electrons. The summed E-state index contributed by atoms with van der Waals surface area (Å²) < 4.78 is 27.2. The maximum absolute atomic E-state index is 12.0. The summed E-state index contributed by atoms with van der Waals surface area (Å²) in [6.45, 7) is 1.74. The molecule has 8 nitrogen and oxygen atoms in total. The van der Waals surface area contributed by atoms with Crippen LogP contribution >= 0.6 is 11.3 Å². The minimum atomic E-state index is -3.96. The van der Waals surface area contributed by atoms with Gasteiger partial charge in [-0.1, -0.05) is 0 Å². The van der Waals surface area contributed by atoms with E-state index in [-0.39, 0.29) is 5.76 Å². The van der Waals surface area contributed by atoms with Crippen molar-refractivity contribution in [1.82, 2.24) is 9.88 Å². The smallest absolute Gasteiger partial charge is 0.293 e. The number of carbonyl (C=O) groups is 1. The first-order valence-corrected chi connectivity index (χ1v) is 8.80. The molecular formula is C12H14N4O4S2. The summed E-state index contributed by atoms with van der Waals surface area (Å²) in [7, 11) is -1.94. The maximum Gasteiger partial charge on any atom is 0.293 e. The van der Waals surface area contributed by atoms with E-state index in [4.69, 9.17) is 9.56 Å². The number of hydrogen-bond acceptors (Lipinski definition) is 7. The molecule has 1 aliphatic rings. The van der Waals surface area contributed by atoms with Gasteiger partial charge in [-0.2, -0.15) is 0 Å². The van der Waals surface area contributed by atoms with Gasteiger partial charge in [-0.3, -0.25) is 10.1 Å². The first-order chi connectivity index (χ1) is 10.3. The lowest BCUT2D eigenvalue weighted by Gasteiger charge is -2.20. The largest absolute Gasteiger partial charge is 0.438 e. The molecule has 22 heavy (non-hydrogen) atoms. The first-order valence-electron chi connectivity index (χ1n) is 6.44. The monoisotopic (exact) mass is 342 g/mol. The van der Waals surface area contributed by atoms with Gasteiger partial charge in [-0.15, -0.1) is 11.3 Å². The normalized spacial score (nSPS) is 15.5. The molecule has 10 heteroatoms. The van der Waals surface area contributed by atoms with Gasteiger partial charge in [0.05, 0.1) is 5.69 Å². The third-order valence-electron chi connectivity index (χ3n) is 3.23. The number of fused-ring (bicyclic) bond motifs is 1. The van der Waals surface area contributed by atoms with Crippen LogP contribution in [-0.2, 0) is 23.0 Å². The molecule has 3 rings (SSSR count). The molecule has 3 heterocycles. The summed E-state index contributed by atoms with van der Waals surface area (Å²) in [5, 5.41) is 7.57. The van der Waals surface area contributed by atoms with Gasteiger partial charge in [0.15, 0.2) is 10.9 Å². The van der Waals surface area contributed by atoms with E-state index < -0.39 is 21.0 Å². The Labute approximate surface area is 131 Å². The third kappa shape index (κ3) is 3.04. The highest BCUT2D eigenvalue weighted by Gasteiger charge is 2.21. The standard InChI is InChI=1S/C12H14N4O4S2/c1-16-5-4-7-9(6-16)21-12(14-7)15-11(17)8-2-3-10(20-8)22(13,18)19/h2-3H,4-6H2,1H3,(H2,13,18,19)(H,14,15,17). The van der Waals surface area contributed by atoms with Gasteiger partial charge < -0.3 is 9.32 Å². The minimum absolute atomic E-state index is 0.130. The van der Waals surface area contributed by atoms with Gasteiger partial charge in [0.2, 0.25) is 5.09 Å². The number of aromatic nitrogens is 1. The number of furan rings is 1. The molecule has 0 saturated carbocycles. The molecular weight excluding hydrogens is 328 g/mol. The molecule has 1 aliphatic heterocycles. The Hall–Kier alpha value is -1.75. The van der Waals surface area contributed by atoms with Crippen LogP contribution in [0.2, 0.25) is 0 Å². The van der Waals surface area contributed by atoms with Crippen LogP contribution in [-0.4, -0.2) is 37.8 Å². The number of carbonyl (C=O) groups excluding carboxylic acids is 1. The second-order valence-corrected chi connectivity index (χ2v) is 7.57. The van der Waals surface area contributed by atoms with E-state index >= 15 is 0 Å². The van der Waals surface area contributed by atoms with E-state index in [2.05, 4.69) is 15.2 Å². The molecule has 0 spiro atoms. The highest BCUT2D eigenvalue weighted by molar-refractivity contribution is 7.89. The van der Waals surface area contributed by atoms with Crippen LogP contribution in [0.4, 0.5) is 5.13 Å². The van der Waals surface area contributed by atoms with E-state index in [9.17, 15) is 13.2 Å². The van der Waals surface area contributed by atoms with Crippen LogP contribution in [0.25, 0.3) is 0 Å². The zero-order valence-corrected chi connectivity index (χ0v) is 13.3. The fourth-order valence-electron chi connectivity index (χ4n) is 2.13. The van der Waals surface area contributed by atoms with Crippen LogP contribution in [0, 0.1) is 0 Å². The number of nitrogens with two attached hydrogens (primary N) is 1. The van der Waals surface area contributed by atoms with Crippen molar-refractivity contribution in [3.63, 3.8) is 0 Å². The number of sulfonamides is 1. The minimum Gasteiger partial charge on any atom is -0.438 e. The lowest BCUT2D eigenvalue weighted by molar-refractivity contribution is 0.0991. The third-order valence-corrected chi connectivity index (χ3v) is 5.01. The summed E-state index contributed by atoms with van der Waals surface area (Å²) in [4.78, 5) is 19.7. The van der Waals surface area contributed by atoms with E-state index in [0.717, 1.165) is 36.1 Å². The average Bonchev–Trinajstić information content (AvgIpc) is 3.03. The number of nitrogens with one attached hydrogen (secondary N) is 1. The Morgan fingerprint density at radius 2 is 2.27 bits per heavy atom. The first kappa shape index (κ1) is 15.2. The molecule has 0 unspecified atom stereocenters. The van der Waals surface area contributed by atoms with E-state index in [1.165, 1.54) is 17.4 Å². The Kier molecular flexibility index (Phi) is 3.77. The molecule has 3 N–H and O–H groups in total. The number of rotatable bonds is 3. The summed E-state index contributed by atoms with van der Waals surface area (Å²) in [5.41, 5.74) is 0.989. The lowest BCUT2D eigenvalue weighted by atomic mass is 10.2. The number of anilines is 1. The number of nitrogens with zero attached hydrogens (tertiary/aromatic N) is 2. The van der Waals surface area contributed by atoms with Crippen LogP contribution in [0.3, 0.4) is 0 Å². The highest BCUT2D eigenvalue weighted by atomic mass is 32.2. The summed E-state index contributed by atoms with van der Waals surface area (Å²) >= 11 is 1.41. The number of thiazole rings is 1. The Balaban J connectivity index is 1.76. The quantitative estimate of drug-likeness (QED) is 0.844. The van der Waals surface area contributed by atoms with Gasteiger partial charge in [-0.25, -0.2) is 18.5 Å². The van der Waals surface area contributed by atoms with E-state index in [1.807, 2.05) is 7.05 Å². The molecule has 2 aromatic rings. The number of amides is 1. The van der Waals surface area contributed by atoms with Crippen LogP contribution in [0.1, 0.15) is 21.1 Å². The van der Waals surface area contributed by atoms with Gasteiger partial charge in [0, 0.05) is 24.4 Å². The predicted octanol–water partition coefficient (Wildman–Crippen LogP) is 0.624. The molecule has 0 aliphatic carbocycles. The van der Waals surface area contributed by atoms with Crippen LogP contribution in [0.15, 0.2) is 21.6 Å². The van der Waals surface area contributed by atoms with Crippen molar-refractivity contribution in [3.05, 3.63) is 28.5 Å². The maximum atomic E-state index is 12.0. The van der Waals surface area contributed by atoms with Gasteiger partial charge in [0.25, 0.3) is 15.9 Å². The van der Waals surface area contributed by atoms with Crippen LogP contribution < -0.4 is 10.5 Å². The zero-order chi connectivity index (χ0) is 15.9. The molecule has 0 atom stereocenters. The van der Waals surface area contributed by atoms with Crippen molar-refractivity contribution in [1.29, 1.82) is 0 Å². The predicted molar refractivity (Wildman–Crippen MR) is 80.2 cm³/mol. The van der Waals surface area contributed by atoms with Gasteiger partial charge in [0.1, 0.15) is 0 Å². The molecule has 2 aromatic heterocycles. The van der Waals surface area contributed by atoms with Crippen molar-refractivity contribution in [2.24, 2.45) is 5.14 Å². The average molecular weight is 342 g/mol. The van der Waals surface area contributed by atoms with E-state index in [1.54, 1.807) is 0 Å². The molecule has 0 aromatic carbocycles. The Morgan fingerprint density at radius 1 is 1.50 bits per heavy atom. The fraction of sp³-hybridized carbons (Fsp3) is 0.333. The van der Waals surface area contributed by atoms with Crippen molar-refractivity contribution in [3.8, 4) is 0 Å². The van der Waals surface area contributed by atoms with Crippen molar-refractivity contribution < 1.29 is 17.6 Å². The molecule has 0 saturated heterocycles. The fourth-order valence-corrected chi connectivity index (χ4v) is 3.68. The molecule has 0 bridgehead atoms. The molecule has 1 amide bonds. The zero-order valence-electron chi connectivity index (χ0n) is 11.7. The number of hydrogen-bond donors (Lipinski definition) is 2. The van der Waals surface area contributed by atoms with Gasteiger partial charge in [-0.05, 0) is 19.2 Å². The van der Waals surface area contributed by atoms with Crippen LogP contribution in [0.5, 0.6) is 0 Å². The summed E-state index contributed by atoms with van der Waals surface area (Å²) in [6, 6.07) is 2.41. The lowest BCUT2D eigenvalue weighted by Crippen LogP contribution is -2.25. The highest BCUT2D eigenvalue weighted by Crippen LogP contribution is 2.28. The summed E-state index contributed by atoms with van der Waals surface area (Å²) in [6.07, 6.45) is 0.842. The van der Waals surface area contributed by atoms with Crippen molar-refractivity contribution in [2.75, 3.05) is 18.9 Å². The number of primary sulfonamides is 1. The van der Waals surface area contributed by atoms with E-state index in [0.29, 0.717) is 5.13 Å². The summed E-state index contributed by atoms with van der Waals surface area (Å²) in [5.74, 6) is -0.691. The Morgan fingerprint density at radius 3 is 2.95 bits per heavy atom. The van der Waals surface area contributed by atoms with Crippen molar-refractivity contribution in [2.45, 2.75) is 18.1 Å². The molecule has 0 fully saturated rings. The molecule has 0 radical (unpaired) electrons.